The number of hydrogen-bond acceptors (Lipinski definition) is 5. The zero-order chi connectivity index (χ0) is 22.3. The molecule has 2 aromatic heterocycles. The normalized spacial score (nSPS) is 14.1. The van der Waals surface area contributed by atoms with Crippen molar-refractivity contribution in [3.05, 3.63) is 58.6 Å². The van der Waals surface area contributed by atoms with Gasteiger partial charge in [-0.15, -0.1) is 0 Å². The number of benzene rings is 1. The number of carbonyl (C=O) groups excluding carboxylic acids is 2. The smallest absolute Gasteiger partial charge is 0.212 e. The average Bonchev–Trinajstić information content (AvgIpc) is 3.30. The molecule has 0 aliphatic heterocycles. The number of allylic oxidation sites excluding steroid dienone is 2. The molecule has 0 unspecified atom stereocenters. The molecule has 3 aromatic rings. The first-order valence-corrected chi connectivity index (χ1v) is 10.4. The fourth-order valence-corrected chi connectivity index (χ4v) is 4.17. The van der Waals surface area contributed by atoms with Crippen molar-refractivity contribution in [1.29, 1.82) is 0 Å². The number of aromatic amines is 2. The Morgan fingerprint density at radius 1 is 0.968 bits per heavy atom. The predicted molar refractivity (Wildman–Crippen MR) is 122 cm³/mol. The number of ketones is 2. The first kappa shape index (κ1) is 21.1. The lowest BCUT2D eigenvalue weighted by Gasteiger charge is -2.16. The van der Waals surface area contributed by atoms with Crippen LogP contribution in [0.2, 0.25) is 0 Å². The second-order valence-corrected chi connectivity index (χ2v) is 8.60. The Hall–Kier alpha value is -3.16. The van der Waals surface area contributed by atoms with Gasteiger partial charge in [-0.1, -0.05) is 6.07 Å². The quantitative estimate of drug-likeness (QED) is 0.547. The largest absolute Gasteiger partial charge is 0.507 e. The molecule has 1 aliphatic rings. The van der Waals surface area contributed by atoms with E-state index in [4.69, 9.17) is 0 Å². The van der Waals surface area contributed by atoms with Crippen LogP contribution in [0.25, 0.3) is 16.5 Å². The first-order chi connectivity index (χ1) is 14.8. The second-order valence-electron chi connectivity index (χ2n) is 8.60. The second kappa shape index (κ2) is 8.17. The van der Waals surface area contributed by atoms with E-state index in [1.165, 1.54) is 6.08 Å². The molecule has 31 heavy (non-hydrogen) atoms. The van der Waals surface area contributed by atoms with Crippen molar-refractivity contribution in [2.75, 3.05) is 41.3 Å². The van der Waals surface area contributed by atoms with E-state index in [9.17, 15) is 14.7 Å². The summed E-state index contributed by atoms with van der Waals surface area (Å²) in [4.78, 5) is 36.9. The van der Waals surface area contributed by atoms with Crippen molar-refractivity contribution in [2.45, 2.75) is 12.8 Å². The Labute approximate surface area is 181 Å². The number of fused-ring (bicyclic) bond motifs is 2. The van der Waals surface area contributed by atoms with E-state index < -0.39 is 0 Å². The van der Waals surface area contributed by atoms with Crippen molar-refractivity contribution >= 4 is 28.0 Å². The number of likely N-dealkylation sites (N-methyl/N-ethyl adjacent to an activating group) is 2. The van der Waals surface area contributed by atoms with Crippen LogP contribution in [0, 0.1) is 0 Å². The summed E-state index contributed by atoms with van der Waals surface area (Å²) in [6.07, 6.45) is 4.53. The molecule has 0 amide bonds. The van der Waals surface area contributed by atoms with E-state index in [2.05, 4.69) is 9.97 Å². The van der Waals surface area contributed by atoms with Gasteiger partial charge in [0.1, 0.15) is 5.75 Å². The van der Waals surface area contributed by atoms with Crippen LogP contribution in [-0.4, -0.2) is 77.7 Å². The third kappa shape index (κ3) is 3.82. The van der Waals surface area contributed by atoms with Gasteiger partial charge in [0.25, 0.3) is 0 Å². The fourth-order valence-electron chi connectivity index (χ4n) is 4.17. The standard InChI is InChI=1S/C24H28N4O3/c1-27(2)10-8-14-13-25-23-20(14)19(30)12-16(24(23)31)22-15(9-11-28(3)4)21-17(26-22)6-5-7-18(21)29/h5-7,12-13,25-26,29H,8-11H2,1-4H3. The maximum Gasteiger partial charge on any atom is 0.212 e. The monoisotopic (exact) mass is 420 g/mol. The number of phenols is 1. The van der Waals surface area contributed by atoms with Gasteiger partial charge in [-0.3, -0.25) is 9.59 Å². The number of phenolic OH excluding ortho intramolecular Hbond substituents is 1. The molecule has 1 aliphatic carbocycles. The summed E-state index contributed by atoms with van der Waals surface area (Å²) in [6, 6.07) is 5.27. The van der Waals surface area contributed by atoms with Gasteiger partial charge in [0.05, 0.1) is 22.5 Å². The summed E-state index contributed by atoms with van der Waals surface area (Å²) >= 11 is 0. The fraction of sp³-hybridized carbons (Fsp3) is 0.333. The maximum atomic E-state index is 13.4. The number of Topliss-reactive ketones (excluding diaryl/α,β-unsaturated/α-hetero) is 1. The summed E-state index contributed by atoms with van der Waals surface area (Å²) in [5.41, 5.74) is 4.21. The van der Waals surface area contributed by atoms with Crippen LogP contribution in [0.1, 0.15) is 37.7 Å². The molecular formula is C24H28N4O3. The average molecular weight is 421 g/mol. The van der Waals surface area contributed by atoms with Crippen LogP contribution in [0.4, 0.5) is 0 Å². The van der Waals surface area contributed by atoms with Gasteiger partial charge in [-0.05, 0) is 70.4 Å². The first-order valence-electron chi connectivity index (χ1n) is 10.4. The molecule has 4 rings (SSSR count). The molecule has 0 radical (unpaired) electrons. The van der Waals surface area contributed by atoms with Gasteiger partial charge in [0.15, 0.2) is 5.78 Å². The molecule has 7 nitrogen and oxygen atoms in total. The number of aromatic nitrogens is 2. The highest BCUT2D eigenvalue weighted by molar-refractivity contribution is 6.38. The number of nitrogens with zero attached hydrogens (tertiary/aromatic N) is 2. The molecule has 0 fully saturated rings. The zero-order valence-corrected chi connectivity index (χ0v) is 18.4. The topological polar surface area (TPSA) is 92.4 Å². The Balaban J connectivity index is 1.80. The lowest BCUT2D eigenvalue weighted by atomic mass is 9.88. The molecule has 7 heteroatoms. The van der Waals surface area contributed by atoms with Gasteiger partial charge in [-0.25, -0.2) is 0 Å². The van der Waals surface area contributed by atoms with E-state index >= 15 is 0 Å². The number of hydrogen-bond donors (Lipinski definition) is 3. The molecule has 0 saturated heterocycles. The minimum absolute atomic E-state index is 0.162. The van der Waals surface area contributed by atoms with Gasteiger partial charge in [-0.2, -0.15) is 0 Å². The van der Waals surface area contributed by atoms with E-state index in [0.29, 0.717) is 40.8 Å². The number of aromatic hydroxyl groups is 1. The minimum Gasteiger partial charge on any atom is -0.507 e. The van der Waals surface area contributed by atoms with E-state index in [1.807, 2.05) is 44.1 Å². The lowest BCUT2D eigenvalue weighted by Crippen LogP contribution is -2.20. The summed E-state index contributed by atoms with van der Waals surface area (Å²) in [6.45, 7) is 1.53. The SMILES string of the molecule is CN(C)CCc1c[nH]c2c1C(=O)C=C(c1[nH]c3cccc(O)c3c1CCN(C)C)C2=O. The lowest BCUT2D eigenvalue weighted by molar-refractivity contribution is 0.0998. The third-order valence-corrected chi connectivity index (χ3v) is 5.77. The highest BCUT2D eigenvalue weighted by atomic mass is 16.3. The predicted octanol–water partition coefficient (Wildman–Crippen LogP) is 2.87. The molecule has 3 N–H and O–H groups in total. The van der Waals surface area contributed by atoms with Crippen molar-refractivity contribution in [1.82, 2.24) is 19.8 Å². The number of H-pyrrole nitrogens is 2. The summed E-state index contributed by atoms with van der Waals surface area (Å²) in [5.74, 6) is -0.209. The van der Waals surface area contributed by atoms with Gasteiger partial charge >= 0.3 is 0 Å². The molecule has 162 valence electrons. The number of carbonyl (C=O) groups is 2. The Morgan fingerprint density at radius 3 is 2.39 bits per heavy atom. The molecule has 0 saturated carbocycles. The molecule has 0 spiro atoms. The van der Waals surface area contributed by atoms with E-state index in [1.54, 1.807) is 18.3 Å². The van der Waals surface area contributed by atoms with Crippen molar-refractivity contribution in [2.24, 2.45) is 0 Å². The van der Waals surface area contributed by atoms with Crippen LogP contribution >= 0.6 is 0 Å². The molecular weight excluding hydrogens is 392 g/mol. The van der Waals surface area contributed by atoms with E-state index in [-0.39, 0.29) is 17.3 Å². The number of nitrogens with one attached hydrogen (secondary N) is 2. The van der Waals surface area contributed by atoms with Crippen molar-refractivity contribution in [3.63, 3.8) is 0 Å². The molecule has 2 heterocycles. The third-order valence-electron chi connectivity index (χ3n) is 5.77. The maximum absolute atomic E-state index is 13.4. The van der Waals surface area contributed by atoms with Crippen LogP contribution in [-0.2, 0) is 12.8 Å². The van der Waals surface area contributed by atoms with Crippen molar-refractivity contribution in [3.8, 4) is 5.75 Å². The Morgan fingerprint density at radius 2 is 1.68 bits per heavy atom. The Bertz CT molecular complexity index is 1200. The molecule has 1 aromatic carbocycles. The van der Waals surface area contributed by atoms with E-state index in [0.717, 1.165) is 29.7 Å². The minimum atomic E-state index is -0.206. The van der Waals surface area contributed by atoms with Gasteiger partial charge in [0, 0.05) is 30.2 Å². The summed E-state index contributed by atoms with van der Waals surface area (Å²) in [7, 11) is 7.90. The van der Waals surface area contributed by atoms with Crippen LogP contribution in [0.15, 0.2) is 30.5 Å². The highest BCUT2D eigenvalue weighted by Gasteiger charge is 2.32. The van der Waals surface area contributed by atoms with Crippen LogP contribution in [0.5, 0.6) is 5.75 Å². The van der Waals surface area contributed by atoms with Crippen LogP contribution in [0.3, 0.4) is 0 Å². The van der Waals surface area contributed by atoms with Crippen LogP contribution < -0.4 is 0 Å². The van der Waals surface area contributed by atoms with Gasteiger partial charge < -0.3 is 24.9 Å². The highest BCUT2D eigenvalue weighted by Crippen LogP contribution is 2.37. The molecule has 0 atom stereocenters. The Kier molecular flexibility index (Phi) is 5.56. The zero-order valence-electron chi connectivity index (χ0n) is 18.4. The summed E-state index contributed by atoms with van der Waals surface area (Å²) in [5, 5.41) is 11.2. The number of rotatable bonds is 7. The van der Waals surface area contributed by atoms with Crippen molar-refractivity contribution < 1.29 is 14.7 Å². The molecule has 0 bridgehead atoms. The summed E-state index contributed by atoms with van der Waals surface area (Å²) < 4.78 is 0. The van der Waals surface area contributed by atoms with Gasteiger partial charge in [0.2, 0.25) is 5.78 Å².